The molecule has 1 fully saturated rings. The van der Waals surface area contributed by atoms with E-state index < -0.39 is 18.3 Å². The van der Waals surface area contributed by atoms with E-state index in [4.69, 9.17) is 14.0 Å². The van der Waals surface area contributed by atoms with Crippen molar-refractivity contribution in [1.82, 2.24) is 5.32 Å². The zero-order valence-corrected chi connectivity index (χ0v) is 15.3. The maximum atomic E-state index is 11.4. The molecular formula is C18H26BNO4. The maximum Gasteiger partial charge on any atom is 0.491 e. The number of hydrogen-bond donors (Lipinski definition) is 1. The van der Waals surface area contributed by atoms with E-state index in [1.807, 2.05) is 53.0 Å². The summed E-state index contributed by atoms with van der Waals surface area (Å²) >= 11 is 0. The third kappa shape index (κ3) is 3.71. The minimum atomic E-state index is -0.455. The number of likely N-dealkylation sites (N-methyl/N-ethyl adjacent to an activating group) is 1. The fourth-order valence-corrected chi connectivity index (χ4v) is 2.51. The Hall–Kier alpha value is -1.63. The van der Waals surface area contributed by atoms with Gasteiger partial charge in [-0.3, -0.25) is 4.79 Å². The van der Waals surface area contributed by atoms with E-state index in [1.54, 1.807) is 13.2 Å². The van der Waals surface area contributed by atoms with E-state index in [2.05, 4.69) is 5.32 Å². The molecule has 0 saturated carbocycles. The van der Waals surface area contributed by atoms with Gasteiger partial charge < -0.3 is 19.4 Å². The van der Waals surface area contributed by atoms with Gasteiger partial charge in [-0.2, -0.15) is 0 Å². The molecule has 24 heavy (non-hydrogen) atoms. The van der Waals surface area contributed by atoms with E-state index in [0.29, 0.717) is 17.9 Å². The molecule has 1 aliphatic heterocycles. The number of ether oxygens (including phenoxy) is 1. The van der Waals surface area contributed by atoms with Crippen molar-refractivity contribution in [2.45, 2.75) is 38.9 Å². The van der Waals surface area contributed by atoms with Crippen LogP contribution in [0.1, 0.15) is 43.6 Å². The van der Waals surface area contributed by atoms with Crippen molar-refractivity contribution in [2.75, 3.05) is 20.7 Å². The number of rotatable bonds is 6. The molecule has 0 bridgehead atoms. The topological polar surface area (TPSA) is 56.8 Å². The van der Waals surface area contributed by atoms with Gasteiger partial charge in [-0.25, -0.2) is 0 Å². The molecule has 0 unspecified atom stereocenters. The van der Waals surface area contributed by atoms with Crippen LogP contribution in [0.15, 0.2) is 23.7 Å². The predicted molar refractivity (Wildman–Crippen MR) is 96.4 cm³/mol. The van der Waals surface area contributed by atoms with Crippen molar-refractivity contribution in [1.29, 1.82) is 0 Å². The van der Waals surface area contributed by atoms with Gasteiger partial charge in [-0.05, 0) is 57.9 Å². The Labute approximate surface area is 144 Å². The van der Waals surface area contributed by atoms with Crippen molar-refractivity contribution in [3.05, 3.63) is 34.8 Å². The third-order valence-corrected chi connectivity index (χ3v) is 4.70. The summed E-state index contributed by atoms with van der Waals surface area (Å²) in [5.74, 6) is 0.653. The minimum Gasteiger partial charge on any atom is -0.497 e. The molecule has 0 radical (unpaired) electrons. The lowest BCUT2D eigenvalue weighted by molar-refractivity contribution is 0.00578. The van der Waals surface area contributed by atoms with Gasteiger partial charge in [0.15, 0.2) is 6.29 Å². The average molecular weight is 331 g/mol. The van der Waals surface area contributed by atoms with E-state index in [9.17, 15) is 4.79 Å². The molecule has 6 heteroatoms. The Balaban J connectivity index is 2.38. The molecule has 1 aromatic rings. The molecule has 2 rings (SSSR count). The van der Waals surface area contributed by atoms with E-state index in [-0.39, 0.29) is 0 Å². The Morgan fingerprint density at radius 3 is 2.33 bits per heavy atom. The summed E-state index contributed by atoms with van der Waals surface area (Å²) in [7, 11) is 2.99. The molecule has 1 heterocycles. The first-order valence-electron chi connectivity index (χ1n) is 8.08. The highest BCUT2D eigenvalue weighted by Crippen LogP contribution is 2.38. The molecule has 0 atom stereocenters. The second kappa shape index (κ2) is 7.09. The van der Waals surface area contributed by atoms with Crippen LogP contribution in [0.5, 0.6) is 5.75 Å². The van der Waals surface area contributed by atoms with Crippen LogP contribution in [0.2, 0.25) is 0 Å². The molecule has 1 aromatic carbocycles. The second-order valence-corrected chi connectivity index (χ2v) is 6.95. The highest BCUT2D eigenvalue weighted by Gasteiger charge is 2.52. The molecule has 0 aliphatic carbocycles. The molecule has 0 spiro atoms. The zero-order chi connectivity index (χ0) is 18.0. The zero-order valence-electron chi connectivity index (χ0n) is 15.3. The van der Waals surface area contributed by atoms with E-state index >= 15 is 0 Å². The highest BCUT2D eigenvalue weighted by atomic mass is 16.7. The van der Waals surface area contributed by atoms with Crippen molar-refractivity contribution >= 4 is 19.5 Å². The first kappa shape index (κ1) is 18.7. The number of aldehydes is 1. The number of carbonyl (C=O) groups excluding carboxylic acids is 1. The average Bonchev–Trinajstić information content (AvgIpc) is 2.75. The Morgan fingerprint density at radius 2 is 1.83 bits per heavy atom. The summed E-state index contributed by atoms with van der Waals surface area (Å²) < 4.78 is 17.4. The van der Waals surface area contributed by atoms with Gasteiger partial charge in [0.25, 0.3) is 0 Å². The summed E-state index contributed by atoms with van der Waals surface area (Å²) in [6, 6.07) is 5.42. The molecular weight excluding hydrogens is 305 g/mol. The van der Waals surface area contributed by atoms with Crippen molar-refractivity contribution in [3.8, 4) is 5.75 Å². The van der Waals surface area contributed by atoms with E-state index in [0.717, 1.165) is 17.3 Å². The largest absolute Gasteiger partial charge is 0.497 e. The summed E-state index contributed by atoms with van der Waals surface area (Å²) in [4.78, 5) is 11.4. The minimum absolute atomic E-state index is 0.405. The van der Waals surface area contributed by atoms with Crippen LogP contribution in [0.3, 0.4) is 0 Å². The van der Waals surface area contributed by atoms with Gasteiger partial charge in [0.05, 0.1) is 18.3 Å². The molecule has 130 valence electrons. The number of carbonyl (C=O) groups is 1. The van der Waals surface area contributed by atoms with Gasteiger partial charge in [0.1, 0.15) is 5.75 Å². The fraction of sp³-hybridized carbons (Fsp3) is 0.500. The Bertz CT molecular complexity index is 624. The van der Waals surface area contributed by atoms with Gasteiger partial charge in [-0.15, -0.1) is 0 Å². The van der Waals surface area contributed by atoms with Crippen LogP contribution in [-0.4, -0.2) is 45.3 Å². The lowest BCUT2D eigenvalue weighted by Gasteiger charge is -2.32. The number of methoxy groups -OCH3 is 1. The van der Waals surface area contributed by atoms with Crippen LogP contribution in [0.25, 0.3) is 6.08 Å². The summed E-state index contributed by atoms with van der Waals surface area (Å²) in [6.45, 7) is 8.69. The first-order chi connectivity index (χ1) is 11.2. The lowest BCUT2D eigenvalue weighted by Crippen LogP contribution is -2.41. The van der Waals surface area contributed by atoms with Crippen LogP contribution in [0, 0.1) is 0 Å². The summed E-state index contributed by atoms with van der Waals surface area (Å²) in [5.41, 5.74) is 1.50. The fourth-order valence-electron chi connectivity index (χ4n) is 2.51. The SMILES string of the molecule is CNCC(=Cc1ccc(OC)cc1C=O)B1OC(C)(C)C(C)(C)O1. The maximum absolute atomic E-state index is 11.4. The summed E-state index contributed by atoms with van der Waals surface area (Å²) in [5, 5.41) is 3.14. The standard InChI is InChI=1S/C18H26BNO4/c1-17(2)18(3,4)24-19(23-17)15(11-20-5)9-13-7-8-16(22-6)10-14(13)12-21/h7-10,12,20H,11H2,1-6H3. The van der Waals surface area contributed by atoms with Crippen LogP contribution in [0.4, 0.5) is 0 Å². The molecule has 5 nitrogen and oxygen atoms in total. The molecule has 1 N–H and O–H groups in total. The van der Waals surface area contributed by atoms with Gasteiger partial charge in [0.2, 0.25) is 0 Å². The number of benzene rings is 1. The Kier molecular flexibility index (Phi) is 5.53. The number of hydrogen-bond acceptors (Lipinski definition) is 5. The molecule has 0 amide bonds. The van der Waals surface area contributed by atoms with Crippen molar-refractivity contribution < 1.29 is 18.8 Å². The van der Waals surface area contributed by atoms with Gasteiger partial charge >= 0.3 is 7.12 Å². The predicted octanol–water partition coefficient (Wildman–Crippen LogP) is 2.74. The molecule has 1 aliphatic rings. The lowest BCUT2D eigenvalue weighted by atomic mass is 9.76. The smallest absolute Gasteiger partial charge is 0.491 e. The quantitative estimate of drug-likeness (QED) is 0.642. The second-order valence-electron chi connectivity index (χ2n) is 6.95. The normalized spacial score (nSPS) is 19.4. The number of nitrogens with one attached hydrogen (secondary N) is 1. The van der Waals surface area contributed by atoms with Gasteiger partial charge in [0, 0.05) is 12.1 Å². The van der Waals surface area contributed by atoms with Crippen molar-refractivity contribution in [2.24, 2.45) is 0 Å². The third-order valence-electron chi connectivity index (χ3n) is 4.70. The molecule has 0 aromatic heterocycles. The van der Waals surface area contributed by atoms with E-state index in [1.165, 1.54) is 0 Å². The first-order valence-corrected chi connectivity index (χ1v) is 8.08. The monoisotopic (exact) mass is 331 g/mol. The highest BCUT2D eigenvalue weighted by molar-refractivity contribution is 6.56. The van der Waals surface area contributed by atoms with Crippen LogP contribution in [-0.2, 0) is 9.31 Å². The summed E-state index contributed by atoms with van der Waals surface area (Å²) in [6.07, 6.45) is 2.78. The van der Waals surface area contributed by atoms with Crippen LogP contribution >= 0.6 is 0 Å². The van der Waals surface area contributed by atoms with Crippen LogP contribution < -0.4 is 10.1 Å². The molecule has 1 saturated heterocycles. The van der Waals surface area contributed by atoms with Gasteiger partial charge in [-0.1, -0.05) is 12.1 Å². The Morgan fingerprint density at radius 1 is 1.21 bits per heavy atom. The van der Waals surface area contributed by atoms with Crippen molar-refractivity contribution in [3.63, 3.8) is 0 Å².